The Morgan fingerprint density at radius 2 is 1.94 bits per heavy atom. The molecule has 3 rings (SSSR count). The van der Waals surface area contributed by atoms with Crippen LogP contribution >= 0.6 is 0 Å². The summed E-state index contributed by atoms with van der Waals surface area (Å²) in [7, 11) is 0. The number of fused-ring (bicyclic) bond motifs is 1. The quantitative estimate of drug-likeness (QED) is 0.549. The molecule has 32 heavy (non-hydrogen) atoms. The zero-order chi connectivity index (χ0) is 23.3. The molecule has 0 radical (unpaired) electrons. The van der Waals surface area contributed by atoms with Crippen LogP contribution in [-0.2, 0) is 22.6 Å². The van der Waals surface area contributed by atoms with Gasteiger partial charge in [-0.05, 0) is 37.3 Å². The van der Waals surface area contributed by atoms with E-state index in [0.29, 0.717) is 38.8 Å². The van der Waals surface area contributed by atoms with E-state index < -0.39 is 11.2 Å². The summed E-state index contributed by atoms with van der Waals surface area (Å²) < 4.78 is 1.29. The Labute approximate surface area is 186 Å². The molecule has 0 aliphatic carbocycles. The Morgan fingerprint density at radius 3 is 2.66 bits per heavy atom. The van der Waals surface area contributed by atoms with Crippen LogP contribution in [0.2, 0.25) is 0 Å². The monoisotopic (exact) mass is 441 g/mol. The van der Waals surface area contributed by atoms with Crippen molar-refractivity contribution in [2.24, 2.45) is 5.92 Å². The largest absolute Gasteiger partial charge is 0.383 e. The predicted octanol–water partition coefficient (Wildman–Crippen LogP) is 2.25. The number of para-hydroxylation sites is 1. The second kappa shape index (κ2) is 10.3. The third-order valence-corrected chi connectivity index (χ3v) is 5.79. The number of benzene rings is 1. The number of hydrogen-bond donors (Lipinski definition) is 3. The molecule has 1 aliphatic heterocycles. The first-order chi connectivity index (χ1) is 15.4. The van der Waals surface area contributed by atoms with Gasteiger partial charge >= 0.3 is 5.69 Å². The highest BCUT2D eigenvalue weighted by Crippen LogP contribution is 2.28. The number of carbonyl (C=O) groups is 2. The van der Waals surface area contributed by atoms with E-state index in [2.05, 4.69) is 10.3 Å². The smallest absolute Gasteiger partial charge is 0.330 e. The highest BCUT2D eigenvalue weighted by Gasteiger charge is 2.29. The normalized spacial score (nSPS) is 15.2. The standard InChI is InChI=1S/C23H31N5O4/c1-3-5-13-27(19-20(24)28(12-4-2)23(32)26-22(19)31)18(29)11-10-16-14-15-8-6-7-9-17(15)25-21(16)30/h6-9,16H,3-5,10-14,24H2,1-2H3,(H,25,30)(H,26,31,32)/t16-/m1/s1. The minimum atomic E-state index is -0.673. The number of H-pyrrole nitrogens is 1. The van der Waals surface area contributed by atoms with Crippen molar-refractivity contribution in [1.82, 2.24) is 9.55 Å². The van der Waals surface area contributed by atoms with Crippen molar-refractivity contribution in [3.05, 3.63) is 50.7 Å². The molecule has 172 valence electrons. The molecular formula is C23H31N5O4. The van der Waals surface area contributed by atoms with Gasteiger partial charge in [-0.3, -0.25) is 23.9 Å². The van der Waals surface area contributed by atoms with Crippen LogP contribution in [0.3, 0.4) is 0 Å². The highest BCUT2D eigenvalue weighted by molar-refractivity contribution is 5.98. The lowest BCUT2D eigenvalue weighted by Gasteiger charge is -2.27. The molecule has 0 spiro atoms. The molecule has 0 saturated heterocycles. The Hall–Kier alpha value is -3.36. The fraction of sp³-hybridized carbons (Fsp3) is 0.478. The van der Waals surface area contributed by atoms with Gasteiger partial charge in [-0.1, -0.05) is 38.5 Å². The third kappa shape index (κ3) is 4.92. The van der Waals surface area contributed by atoms with Crippen molar-refractivity contribution in [2.75, 3.05) is 22.5 Å². The molecule has 2 aromatic rings. The van der Waals surface area contributed by atoms with Gasteiger partial charge < -0.3 is 16.0 Å². The molecule has 2 amide bonds. The van der Waals surface area contributed by atoms with E-state index in [0.717, 1.165) is 17.7 Å². The molecule has 1 aromatic carbocycles. The van der Waals surface area contributed by atoms with Crippen molar-refractivity contribution >= 4 is 29.0 Å². The minimum absolute atomic E-state index is 0.00519. The summed E-state index contributed by atoms with van der Waals surface area (Å²) in [5.41, 5.74) is 6.78. The molecule has 0 fully saturated rings. The van der Waals surface area contributed by atoms with Crippen molar-refractivity contribution < 1.29 is 9.59 Å². The summed E-state index contributed by atoms with van der Waals surface area (Å²) in [5, 5.41) is 2.90. The predicted molar refractivity (Wildman–Crippen MR) is 125 cm³/mol. The number of aromatic nitrogens is 2. The van der Waals surface area contributed by atoms with Gasteiger partial charge in [-0.25, -0.2) is 4.79 Å². The van der Waals surface area contributed by atoms with Gasteiger partial charge in [0, 0.05) is 31.1 Å². The SMILES string of the molecule is CCCCN(C(=O)CC[C@@H]1Cc2ccccc2NC1=O)c1c(N)n(CCC)c(=O)[nH]c1=O. The van der Waals surface area contributed by atoms with E-state index in [-0.39, 0.29) is 35.7 Å². The number of aromatic amines is 1. The number of nitrogens with two attached hydrogens (primary N) is 1. The van der Waals surface area contributed by atoms with Crippen LogP contribution < -0.4 is 27.2 Å². The maximum Gasteiger partial charge on any atom is 0.330 e. The van der Waals surface area contributed by atoms with E-state index in [1.807, 2.05) is 38.1 Å². The van der Waals surface area contributed by atoms with Gasteiger partial charge in [0.25, 0.3) is 5.56 Å². The lowest BCUT2D eigenvalue weighted by molar-refractivity contribution is -0.121. The van der Waals surface area contributed by atoms with Crippen LogP contribution in [-0.4, -0.2) is 27.9 Å². The molecule has 1 aliphatic rings. The molecule has 0 unspecified atom stereocenters. The summed E-state index contributed by atoms with van der Waals surface area (Å²) in [4.78, 5) is 54.1. The second-order valence-electron chi connectivity index (χ2n) is 8.13. The van der Waals surface area contributed by atoms with Crippen LogP contribution in [0.15, 0.2) is 33.9 Å². The van der Waals surface area contributed by atoms with Crippen molar-refractivity contribution in [3.8, 4) is 0 Å². The molecule has 0 bridgehead atoms. The van der Waals surface area contributed by atoms with E-state index in [1.54, 1.807) is 0 Å². The molecular weight excluding hydrogens is 410 g/mol. The Kier molecular flexibility index (Phi) is 7.50. The fourth-order valence-electron chi connectivity index (χ4n) is 4.04. The maximum atomic E-state index is 13.2. The first-order valence-corrected chi connectivity index (χ1v) is 11.2. The molecule has 9 nitrogen and oxygen atoms in total. The minimum Gasteiger partial charge on any atom is -0.383 e. The van der Waals surface area contributed by atoms with Gasteiger partial charge in [-0.15, -0.1) is 0 Å². The molecule has 4 N–H and O–H groups in total. The van der Waals surface area contributed by atoms with E-state index >= 15 is 0 Å². The average Bonchev–Trinajstić information content (AvgIpc) is 2.77. The van der Waals surface area contributed by atoms with Crippen LogP contribution in [0.4, 0.5) is 17.2 Å². The number of carbonyl (C=O) groups excluding carboxylic acids is 2. The van der Waals surface area contributed by atoms with Gasteiger partial charge in [-0.2, -0.15) is 0 Å². The Balaban J connectivity index is 1.82. The summed E-state index contributed by atoms with van der Waals surface area (Å²) in [6, 6.07) is 7.62. The Morgan fingerprint density at radius 1 is 1.19 bits per heavy atom. The van der Waals surface area contributed by atoms with Gasteiger partial charge in [0.1, 0.15) is 5.82 Å². The molecule has 0 saturated carbocycles. The lowest BCUT2D eigenvalue weighted by atomic mass is 9.89. The maximum absolute atomic E-state index is 13.2. The first-order valence-electron chi connectivity index (χ1n) is 11.2. The van der Waals surface area contributed by atoms with E-state index in [9.17, 15) is 19.2 Å². The van der Waals surface area contributed by atoms with E-state index in [4.69, 9.17) is 5.73 Å². The number of nitrogens with one attached hydrogen (secondary N) is 2. The highest BCUT2D eigenvalue weighted by atomic mass is 16.2. The average molecular weight is 442 g/mol. The first kappa shape index (κ1) is 23.3. The number of rotatable bonds is 9. The van der Waals surface area contributed by atoms with Crippen LogP contribution in [0.5, 0.6) is 0 Å². The topological polar surface area (TPSA) is 130 Å². The van der Waals surface area contributed by atoms with Crippen molar-refractivity contribution in [1.29, 1.82) is 0 Å². The van der Waals surface area contributed by atoms with Gasteiger partial charge in [0.2, 0.25) is 11.8 Å². The van der Waals surface area contributed by atoms with Crippen molar-refractivity contribution in [2.45, 2.75) is 58.9 Å². The van der Waals surface area contributed by atoms with Crippen molar-refractivity contribution in [3.63, 3.8) is 0 Å². The number of anilines is 3. The number of hydrogen-bond acceptors (Lipinski definition) is 5. The summed E-state index contributed by atoms with van der Waals surface area (Å²) >= 11 is 0. The number of amides is 2. The second-order valence-corrected chi connectivity index (χ2v) is 8.13. The summed E-state index contributed by atoms with van der Waals surface area (Å²) in [5.74, 6) is -0.726. The molecule has 2 heterocycles. The van der Waals surface area contributed by atoms with E-state index in [1.165, 1.54) is 9.47 Å². The van der Waals surface area contributed by atoms with Crippen LogP contribution in [0, 0.1) is 5.92 Å². The Bertz CT molecular complexity index is 1100. The zero-order valence-corrected chi connectivity index (χ0v) is 18.6. The number of unbranched alkanes of at least 4 members (excludes halogenated alkanes) is 1. The summed E-state index contributed by atoms with van der Waals surface area (Å²) in [6.07, 6.45) is 3.15. The molecule has 1 aromatic heterocycles. The molecule has 9 heteroatoms. The third-order valence-electron chi connectivity index (χ3n) is 5.79. The lowest BCUT2D eigenvalue weighted by Crippen LogP contribution is -2.42. The van der Waals surface area contributed by atoms with Crippen LogP contribution in [0.1, 0.15) is 51.5 Å². The number of nitrogens with zero attached hydrogens (tertiary/aromatic N) is 2. The zero-order valence-electron chi connectivity index (χ0n) is 18.6. The molecule has 1 atom stereocenters. The number of nitrogen functional groups attached to an aromatic ring is 1. The fourth-order valence-corrected chi connectivity index (χ4v) is 4.04. The van der Waals surface area contributed by atoms with Gasteiger partial charge in [0.05, 0.1) is 0 Å². The van der Waals surface area contributed by atoms with Gasteiger partial charge in [0.15, 0.2) is 5.69 Å². The summed E-state index contributed by atoms with van der Waals surface area (Å²) in [6.45, 7) is 4.53. The van der Waals surface area contributed by atoms with Crippen LogP contribution in [0.25, 0.3) is 0 Å².